The van der Waals surface area contributed by atoms with Gasteiger partial charge in [-0.15, -0.1) is 0 Å². The first-order valence-electron chi connectivity index (χ1n) is 11.1. The number of amides is 1. The lowest BCUT2D eigenvalue weighted by molar-refractivity contribution is -0.124. The Balaban J connectivity index is 1.46. The van der Waals surface area contributed by atoms with Gasteiger partial charge in [0, 0.05) is 60.8 Å². The van der Waals surface area contributed by atoms with E-state index in [2.05, 4.69) is 30.4 Å². The Kier molecular flexibility index (Phi) is 6.22. The second kappa shape index (κ2) is 9.09. The van der Waals surface area contributed by atoms with E-state index in [9.17, 15) is 4.79 Å². The predicted octanol–water partition coefficient (Wildman–Crippen LogP) is 3.32. The van der Waals surface area contributed by atoms with Crippen LogP contribution in [-0.2, 0) is 11.8 Å². The first-order chi connectivity index (χ1) is 15.7. The molecule has 9 heteroatoms. The van der Waals surface area contributed by atoms with E-state index in [1.165, 1.54) is 0 Å². The van der Waals surface area contributed by atoms with E-state index in [-0.39, 0.29) is 11.8 Å². The molecule has 3 aromatic heterocycles. The van der Waals surface area contributed by atoms with E-state index < -0.39 is 0 Å². The molecule has 1 fully saturated rings. The van der Waals surface area contributed by atoms with Gasteiger partial charge in [0.1, 0.15) is 11.6 Å². The predicted molar refractivity (Wildman–Crippen MR) is 127 cm³/mol. The monoisotopic (exact) mass is 446 g/mol. The summed E-state index contributed by atoms with van der Waals surface area (Å²) in [6.07, 6.45) is 4.38. The van der Waals surface area contributed by atoms with Crippen molar-refractivity contribution in [1.29, 1.82) is 0 Å². The minimum atomic E-state index is 0.00733. The number of aryl methyl sites for hydroxylation is 5. The molecule has 0 bridgehead atoms. The molecule has 0 aromatic carbocycles. The number of carbonyl (C=O) groups excluding carboxylic acids is 1. The summed E-state index contributed by atoms with van der Waals surface area (Å²) in [6, 6.07) is 3.86. The molecule has 4 rings (SSSR count). The number of nitrogens with zero attached hydrogens (tertiary/aromatic N) is 7. The summed E-state index contributed by atoms with van der Waals surface area (Å²) in [4.78, 5) is 32.7. The van der Waals surface area contributed by atoms with E-state index in [1.54, 1.807) is 6.08 Å². The summed E-state index contributed by atoms with van der Waals surface area (Å²) < 4.78 is 1.83. The zero-order chi connectivity index (χ0) is 23.7. The maximum Gasteiger partial charge on any atom is 0.246 e. The highest BCUT2D eigenvalue weighted by atomic mass is 16.2. The molecule has 0 radical (unpaired) electrons. The SMILES string of the molecule is Cc1cc(C)nc(Nc2cc(C3CCN(C(=O)/C=C/c4c(C)nn(C)c4C)C3)nc(C)n2)n1. The van der Waals surface area contributed by atoms with Gasteiger partial charge >= 0.3 is 0 Å². The fraction of sp³-hybridized carbons (Fsp3) is 0.417. The van der Waals surface area contributed by atoms with Crippen LogP contribution in [0.5, 0.6) is 0 Å². The van der Waals surface area contributed by atoms with Crippen LogP contribution in [0.4, 0.5) is 11.8 Å². The van der Waals surface area contributed by atoms with Crippen LogP contribution in [0.2, 0.25) is 0 Å². The Hall–Kier alpha value is -3.62. The van der Waals surface area contributed by atoms with Crippen LogP contribution >= 0.6 is 0 Å². The molecule has 4 heterocycles. The van der Waals surface area contributed by atoms with Crippen molar-refractivity contribution in [2.24, 2.45) is 7.05 Å². The van der Waals surface area contributed by atoms with Gasteiger partial charge in [-0.05, 0) is 53.2 Å². The average Bonchev–Trinajstić information content (AvgIpc) is 3.31. The maximum absolute atomic E-state index is 12.8. The standard InChI is InChI=1S/C24H30N8O/c1-14-11-15(2)26-24(25-14)29-22-12-21(27-18(5)28-22)19-9-10-32(13-19)23(33)8-7-20-16(3)30-31(6)17(20)4/h7-8,11-12,19H,9-10,13H2,1-6H3,(H,25,26,27,28,29)/b8-7+. The topological polar surface area (TPSA) is 102 Å². The van der Waals surface area contributed by atoms with Gasteiger partial charge in [-0.1, -0.05) is 0 Å². The number of carbonyl (C=O) groups is 1. The average molecular weight is 447 g/mol. The number of hydrogen-bond donors (Lipinski definition) is 1. The van der Waals surface area contributed by atoms with Crippen LogP contribution in [0.25, 0.3) is 6.08 Å². The van der Waals surface area contributed by atoms with Crippen LogP contribution in [-0.4, -0.2) is 53.6 Å². The van der Waals surface area contributed by atoms with E-state index in [0.29, 0.717) is 30.7 Å². The van der Waals surface area contributed by atoms with Gasteiger partial charge in [-0.25, -0.2) is 19.9 Å². The van der Waals surface area contributed by atoms with Crippen molar-refractivity contribution in [2.75, 3.05) is 18.4 Å². The summed E-state index contributed by atoms with van der Waals surface area (Å²) in [7, 11) is 1.91. The van der Waals surface area contributed by atoms with Crippen molar-refractivity contribution < 1.29 is 4.79 Å². The van der Waals surface area contributed by atoms with E-state index in [4.69, 9.17) is 0 Å². The van der Waals surface area contributed by atoms with Gasteiger partial charge in [-0.3, -0.25) is 9.48 Å². The lowest BCUT2D eigenvalue weighted by atomic mass is 10.0. The summed E-state index contributed by atoms with van der Waals surface area (Å²) >= 11 is 0. The molecule has 1 N–H and O–H groups in total. The Bertz CT molecular complexity index is 1210. The fourth-order valence-corrected chi connectivity index (χ4v) is 4.25. The fourth-order valence-electron chi connectivity index (χ4n) is 4.25. The Morgan fingerprint density at radius 1 is 1.06 bits per heavy atom. The van der Waals surface area contributed by atoms with Gasteiger partial charge in [0.25, 0.3) is 0 Å². The van der Waals surface area contributed by atoms with Gasteiger partial charge in [0.2, 0.25) is 11.9 Å². The molecule has 0 spiro atoms. The van der Waals surface area contributed by atoms with Crippen molar-refractivity contribution in [3.05, 3.63) is 58.1 Å². The molecule has 3 aromatic rings. The number of aromatic nitrogens is 6. The van der Waals surface area contributed by atoms with Crippen LogP contribution in [0, 0.1) is 34.6 Å². The van der Waals surface area contributed by atoms with Crippen LogP contribution in [0.3, 0.4) is 0 Å². The normalized spacial score (nSPS) is 16.1. The molecule has 0 aliphatic carbocycles. The molecular weight excluding hydrogens is 416 g/mol. The van der Waals surface area contributed by atoms with E-state index >= 15 is 0 Å². The van der Waals surface area contributed by atoms with Gasteiger partial charge in [0.05, 0.1) is 11.4 Å². The third-order valence-electron chi connectivity index (χ3n) is 5.96. The summed E-state index contributed by atoms with van der Waals surface area (Å²) in [5.74, 6) is 2.02. The molecule has 1 aliphatic rings. The van der Waals surface area contributed by atoms with Gasteiger partial charge in [0.15, 0.2) is 0 Å². The lowest BCUT2D eigenvalue weighted by Gasteiger charge is -2.15. The third kappa shape index (κ3) is 5.08. The highest BCUT2D eigenvalue weighted by Gasteiger charge is 2.28. The largest absolute Gasteiger partial charge is 0.338 e. The molecule has 33 heavy (non-hydrogen) atoms. The first-order valence-corrected chi connectivity index (χ1v) is 11.1. The second-order valence-electron chi connectivity index (χ2n) is 8.64. The third-order valence-corrected chi connectivity index (χ3v) is 5.96. The summed E-state index contributed by atoms with van der Waals surface area (Å²) in [5.41, 5.74) is 5.67. The van der Waals surface area contributed by atoms with Gasteiger partial charge in [-0.2, -0.15) is 5.10 Å². The molecule has 1 aliphatic heterocycles. The lowest BCUT2D eigenvalue weighted by Crippen LogP contribution is -2.26. The summed E-state index contributed by atoms with van der Waals surface area (Å²) in [5, 5.41) is 7.61. The second-order valence-corrected chi connectivity index (χ2v) is 8.64. The zero-order valence-electron chi connectivity index (χ0n) is 20.0. The molecule has 1 unspecified atom stereocenters. The molecule has 1 amide bonds. The maximum atomic E-state index is 12.8. The Labute approximate surface area is 194 Å². The number of anilines is 2. The highest BCUT2D eigenvalue weighted by Crippen LogP contribution is 2.28. The minimum absolute atomic E-state index is 0.00733. The number of nitrogens with one attached hydrogen (secondary N) is 1. The molecule has 1 atom stereocenters. The summed E-state index contributed by atoms with van der Waals surface area (Å²) in [6.45, 7) is 11.0. The minimum Gasteiger partial charge on any atom is -0.338 e. The highest BCUT2D eigenvalue weighted by molar-refractivity contribution is 5.92. The molecule has 9 nitrogen and oxygen atoms in total. The van der Waals surface area contributed by atoms with E-state index in [0.717, 1.165) is 40.5 Å². The van der Waals surface area contributed by atoms with Crippen molar-refractivity contribution >= 4 is 23.7 Å². The molecule has 172 valence electrons. The Morgan fingerprint density at radius 2 is 1.79 bits per heavy atom. The number of hydrogen-bond acceptors (Lipinski definition) is 7. The number of rotatable bonds is 5. The zero-order valence-corrected chi connectivity index (χ0v) is 20.0. The molecule has 0 saturated carbocycles. The van der Waals surface area contributed by atoms with Crippen LogP contribution in [0.15, 0.2) is 18.2 Å². The molecular formula is C24H30N8O. The molecule has 1 saturated heterocycles. The smallest absolute Gasteiger partial charge is 0.246 e. The van der Waals surface area contributed by atoms with Crippen molar-refractivity contribution in [3.63, 3.8) is 0 Å². The quantitative estimate of drug-likeness (QED) is 0.600. The van der Waals surface area contributed by atoms with Crippen LogP contribution in [0.1, 0.15) is 52.2 Å². The van der Waals surface area contributed by atoms with Crippen molar-refractivity contribution in [1.82, 2.24) is 34.6 Å². The first kappa shape index (κ1) is 22.6. The Morgan fingerprint density at radius 3 is 2.45 bits per heavy atom. The van der Waals surface area contributed by atoms with Crippen molar-refractivity contribution in [2.45, 2.75) is 47.0 Å². The van der Waals surface area contributed by atoms with Crippen molar-refractivity contribution in [3.8, 4) is 0 Å². The van der Waals surface area contributed by atoms with Crippen LogP contribution < -0.4 is 5.32 Å². The number of likely N-dealkylation sites (tertiary alicyclic amines) is 1. The van der Waals surface area contributed by atoms with Gasteiger partial charge < -0.3 is 10.2 Å². The van der Waals surface area contributed by atoms with E-state index in [1.807, 2.05) is 69.5 Å².